The number of hydrogen-bond donors (Lipinski definition) is 2. The molecule has 0 unspecified atom stereocenters. The lowest BCUT2D eigenvalue weighted by Gasteiger charge is -2.39. The molecule has 1 fully saturated rings. The van der Waals surface area contributed by atoms with Crippen LogP contribution in [0.3, 0.4) is 0 Å². The number of nitrogens with two attached hydrogens (primary N) is 1. The molecule has 0 aliphatic heterocycles. The zero-order valence-corrected chi connectivity index (χ0v) is 11.0. The lowest BCUT2D eigenvalue weighted by molar-refractivity contribution is -0.129. The Morgan fingerprint density at radius 3 is 2.95 bits per heavy atom. The molecule has 3 rings (SSSR count). The highest BCUT2D eigenvalue weighted by Gasteiger charge is 2.42. The molecule has 1 amide bonds. The maximum atomic E-state index is 12.3. The summed E-state index contributed by atoms with van der Waals surface area (Å²) in [6, 6.07) is 5.77. The SMILES string of the molecule is Cn1cnc2cc(NC(=O)C3(CN)CCC3)ccc21. The van der Waals surface area contributed by atoms with Gasteiger partial charge in [-0.2, -0.15) is 0 Å². The maximum Gasteiger partial charge on any atom is 0.231 e. The third-order valence-electron chi connectivity index (χ3n) is 4.17. The monoisotopic (exact) mass is 258 g/mol. The van der Waals surface area contributed by atoms with Gasteiger partial charge in [-0.25, -0.2) is 4.98 Å². The second kappa shape index (κ2) is 4.35. The number of imidazole rings is 1. The van der Waals surface area contributed by atoms with Crippen molar-refractivity contribution in [1.29, 1.82) is 0 Å². The van der Waals surface area contributed by atoms with Gasteiger partial charge in [0.25, 0.3) is 0 Å². The lowest BCUT2D eigenvalue weighted by Crippen LogP contribution is -2.47. The Labute approximate surface area is 111 Å². The maximum absolute atomic E-state index is 12.3. The van der Waals surface area contributed by atoms with Crippen molar-refractivity contribution in [2.75, 3.05) is 11.9 Å². The zero-order valence-electron chi connectivity index (χ0n) is 11.0. The number of rotatable bonds is 3. The van der Waals surface area contributed by atoms with E-state index in [0.29, 0.717) is 6.54 Å². The molecular weight excluding hydrogens is 240 g/mol. The van der Waals surface area contributed by atoms with Gasteiger partial charge in [0.2, 0.25) is 5.91 Å². The van der Waals surface area contributed by atoms with Crippen molar-refractivity contribution in [3.05, 3.63) is 24.5 Å². The smallest absolute Gasteiger partial charge is 0.231 e. The van der Waals surface area contributed by atoms with Gasteiger partial charge in [0.15, 0.2) is 0 Å². The van der Waals surface area contributed by atoms with Crippen molar-refractivity contribution in [3.8, 4) is 0 Å². The first-order valence-corrected chi connectivity index (χ1v) is 6.57. The molecule has 3 N–H and O–H groups in total. The van der Waals surface area contributed by atoms with Crippen molar-refractivity contribution in [1.82, 2.24) is 9.55 Å². The number of carbonyl (C=O) groups excluding carboxylic acids is 1. The van der Waals surface area contributed by atoms with E-state index >= 15 is 0 Å². The third-order valence-corrected chi connectivity index (χ3v) is 4.17. The quantitative estimate of drug-likeness (QED) is 0.879. The molecule has 0 spiro atoms. The van der Waals surface area contributed by atoms with E-state index < -0.39 is 0 Å². The van der Waals surface area contributed by atoms with Crippen LogP contribution in [0.15, 0.2) is 24.5 Å². The van der Waals surface area contributed by atoms with Gasteiger partial charge in [-0.1, -0.05) is 6.42 Å². The first kappa shape index (κ1) is 12.2. The van der Waals surface area contributed by atoms with Crippen LogP contribution in [0.1, 0.15) is 19.3 Å². The molecule has 1 heterocycles. The van der Waals surface area contributed by atoms with Gasteiger partial charge in [0, 0.05) is 19.3 Å². The van der Waals surface area contributed by atoms with Crippen molar-refractivity contribution in [2.24, 2.45) is 18.2 Å². The summed E-state index contributed by atoms with van der Waals surface area (Å²) in [5.74, 6) is 0.0385. The summed E-state index contributed by atoms with van der Waals surface area (Å²) in [7, 11) is 1.95. The number of nitrogens with one attached hydrogen (secondary N) is 1. The second-order valence-corrected chi connectivity index (χ2v) is 5.35. The molecule has 1 aliphatic rings. The summed E-state index contributed by atoms with van der Waals surface area (Å²) in [5.41, 5.74) is 8.12. The van der Waals surface area contributed by atoms with Crippen LogP contribution in [-0.4, -0.2) is 22.0 Å². The Hall–Kier alpha value is -1.88. The standard InChI is InChI=1S/C14H18N4O/c1-18-9-16-11-7-10(3-4-12(11)18)17-13(19)14(8-15)5-2-6-14/h3-4,7,9H,2,5-6,8,15H2,1H3,(H,17,19). The summed E-state index contributed by atoms with van der Waals surface area (Å²) in [6.45, 7) is 0.421. The van der Waals surface area contributed by atoms with Crippen molar-refractivity contribution in [3.63, 3.8) is 0 Å². The third kappa shape index (κ3) is 1.90. The highest BCUT2D eigenvalue weighted by Crippen LogP contribution is 2.40. The average Bonchev–Trinajstić information content (AvgIpc) is 2.70. The van der Waals surface area contributed by atoms with E-state index in [1.54, 1.807) is 6.33 Å². The molecule has 1 aromatic heterocycles. The minimum Gasteiger partial charge on any atom is -0.334 e. The molecule has 2 aromatic rings. The van der Waals surface area contributed by atoms with Crippen LogP contribution in [0.25, 0.3) is 11.0 Å². The number of benzene rings is 1. The topological polar surface area (TPSA) is 72.9 Å². The van der Waals surface area contributed by atoms with Gasteiger partial charge in [-0.15, -0.1) is 0 Å². The predicted octanol–water partition coefficient (Wildman–Crippen LogP) is 1.64. The van der Waals surface area contributed by atoms with Gasteiger partial charge in [0.1, 0.15) is 0 Å². The van der Waals surface area contributed by atoms with Gasteiger partial charge in [-0.3, -0.25) is 4.79 Å². The average molecular weight is 258 g/mol. The molecule has 1 aliphatic carbocycles. The Bertz CT molecular complexity index is 622. The molecule has 0 atom stereocenters. The highest BCUT2D eigenvalue weighted by atomic mass is 16.2. The lowest BCUT2D eigenvalue weighted by atomic mass is 9.68. The largest absolute Gasteiger partial charge is 0.334 e. The molecular formula is C14H18N4O. The number of aryl methyl sites for hydroxylation is 1. The fraction of sp³-hybridized carbons (Fsp3) is 0.429. The number of aromatic nitrogens is 2. The molecule has 0 saturated heterocycles. The number of carbonyl (C=O) groups is 1. The van der Waals surface area contributed by atoms with Crippen LogP contribution < -0.4 is 11.1 Å². The summed E-state index contributed by atoms with van der Waals surface area (Å²) in [4.78, 5) is 16.6. The summed E-state index contributed by atoms with van der Waals surface area (Å²) in [6.07, 6.45) is 4.63. The van der Waals surface area contributed by atoms with Crippen LogP contribution >= 0.6 is 0 Å². The number of amides is 1. The van der Waals surface area contributed by atoms with Gasteiger partial charge in [0.05, 0.1) is 22.8 Å². The van der Waals surface area contributed by atoms with E-state index in [9.17, 15) is 4.79 Å². The zero-order chi connectivity index (χ0) is 13.5. The number of nitrogens with zero attached hydrogens (tertiary/aromatic N) is 2. The fourth-order valence-electron chi connectivity index (χ4n) is 2.60. The van der Waals surface area contributed by atoms with E-state index in [0.717, 1.165) is 36.0 Å². The molecule has 5 nitrogen and oxygen atoms in total. The second-order valence-electron chi connectivity index (χ2n) is 5.35. The van der Waals surface area contributed by atoms with Gasteiger partial charge in [-0.05, 0) is 31.0 Å². The molecule has 0 bridgehead atoms. The predicted molar refractivity (Wildman–Crippen MR) is 74.7 cm³/mol. The normalized spacial score (nSPS) is 17.2. The molecule has 100 valence electrons. The van der Waals surface area contributed by atoms with E-state index in [1.165, 1.54) is 0 Å². The van der Waals surface area contributed by atoms with Crippen LogP contribution in [0.2, 0.25) is 0 Å². The molecule has 1 aromatic carbocycles. The molecule has 1 saturated carbocycles. The van der Waals surface area contributed by atoms with Gasteiger partial charge >= 0.3 is 0 Å². The van der Waals surface area contributed by atoms with Crippen molar-refractivity contribution >= 4 is 22.6 Å². The van der Waals surface area contributed by atoms with Crippen LogP contribution in [0, 0.1) is 5.41 Å². The van der Waals surface area contributed by atoms with E-state index in [1.807, 2.05) is 29.8 Å². The summed E-state index contributed by atoms with van der Waals surface area (Å²) >= 11 is 0. The summed E-state index contributed by atoms with van der Waals surface area (Å²) in [5, 5.41) is 2.97. The number of fused-ring (bicyclic) bond motifs is 1. The first-order chi connectivity index (χ1) is 9.14. The Morgan fingerprint density at radius 2 is 2.32 bits per heavy atom. The van der Waals surface area contributed by atoms with E-state index in [2.05, 4.69) is 10.3 Å². The first-order valence-electron chi connectivity index (χ1n) is 6.57. The number of hydrogen-bond acceptors (Lipinski definition) is 3. The Balaban J connectivity index is 1.83. The number of anilines is 1. The Morgan fingerprint density at radius 1 is 1.53 bits per heavy atom. The Kier molecular flexibility index (Phi) is 2.78. The fourth-order valence-corrected chi connectivity index (χ4v) is 2.60. The highest BCUT2D eigenvalue weighted by molar-refractivity contribution is 5.97. The van der Waals surface area contributed by atoms with Crippen LogP contribution in [0.5, 0.6) is 0 Å². The minimum absolute atomic E-state index is 0.0385. The van der Waals surface area contributed by atoms with Crippen molar-refractivity contribution in [2.45, 2.75) is 19.3 Å². The van der Waals surface area contributed by atoms with E-state index in [4.69, 9.17) is 5.73 Å². The molecule has 19 heavy (non-hydrogen) atoms. The van der Waals surface area contributed by atoms with Gasteiger partial charge < -0.3 is 15.6 Å². The van der Waals surface area contributed by atoms with Crippen molar-refractivity contribution < 1.29 is 4.79 Å². The van der Waals surface area contributed by atoms with E-state index in [-0.39, 0.29) is 11.3 Å². The van der Waals surface area contributed by atoms with Crippen LogP contribution in [-0.2, 0) is 11.8 Å². The van der Waals surface area contributed by atoms with Crippen LogP contribution in [0.4, 0.5) is 5.69 Å². The molecule has 5 heteroatoms. The minimum atomic E-state index is -0.348. The summed E-state index contributed by atoms with van der Waals surface area (Å²) < 4.78 is 1.95. The molecule has 0 radical (unpaired) electrons.